The number of rotatable bonds is 7. The Morgan fingerprint density at radius 3 is 2.24 bits per heavy atom. The number of aromatic amines is 2. The molecule has 2 heterocycles. The summed E-state index contributed by atoms with van der Waals surface area (Å²) < 4.78 is 1.84. The van der Waals surface area contributed by atoms with Crippen molar-refractivity contribution in [1.29, 1.82) is 0 Å². The second-order valence-corrected chi connectivity index (χ2v) is 10.8. The molecular weight excluding hydrogens is 476 g/mol. The molecule has 0 aliphatic heterocycles. The van der Waals surface area contributed by atoms with Crippen LogP contribution in [0.3, 0.4) is 0 Å². The highest BCUT2D eigenvalue weighted by Crippen LogP contribution is 2.36. The fourth-order valence-corrected chi connectivity index (χ4v) is 6.38. The number of nitrogens with zero attached hydrogens (tertiary/aromatic N) is 4. The third-order valence-corrected chi connectivity index (χ3v) is 8.37. The van der Waals surface area contributed by atoms with Crippen LogP contribution in [0.15, 0.2) is 53.3 Å². The molecule has 196 valence electrons. The van der Waals surface area contributed by atoms with Gasteiger partial charge in [0.2, 0.25) is 0 Å². The number of H-pyrrole nitrogens is 2. The van der Waals surface area contributed by atoms with E-state index in [1.165, 1.54) is 12.8 Å². The van der Waals surface area contributed by atoms with Gasteiger partial charge in [-0.3, -0.25) is 9.36 Å². The van der Waals surface area contributed by atoms with Crippen molar-refractivity contribution >= 4 is 5.78 Å². The van der Waals surface area contributed by atoms with Gasteiger partial charge in [0, 0.05) is 17.4 Å². The predicted molar refractivity (Wildman–Crippen MR) is 146 cm³/mol. The molecule has 4 aromatic rings. The number of hydrogen-bond acceptors (Lipinski definition) is 5. The van der Waals surface area contributed by atoms with E-state index in [0.717, 1.165) is 79.3 Å². The lowest BCUT2D eigenvalue weighted by Crippen LogP contribution is -2.23. The lowest BCUT2D eigenvalue weighted by molar-refractivity contribution is 0.0882. The van der Waals surface area contributed by atoms with Crippen molar-refractivity contribution in [1.82, 2.24) is 30.2 Å². The Kier molecular flexibility index (Phi) is 7.03. The fraction of sp³-hybridized carbons (Fsp3) is 0.433. The Balaban J connectivity index is 1.32. The Morgan fingerprint density at radius 1 is 0.868 bits per heavy atom. The fourth-order valence-electron chi connectivity index (χ4n) is 6.38. The van der Waals surface area contributed by atoms with Crippen LogP contribution in [0.1, 0.15) is 91.9 Å². The minimum Gasteiger partial charge on any atom is -0.303 e. The van der Waals surface area contributed by atoms with Crippen LogP contribution in [0, 0.1) is 5.92 Å². The predicted octanol–water partition coefficient (Wildman–Crippen LogP) is 5.88. The van der Waals surface area contributed by atoms with Gasteiger partial charge in [-0.25, -0.2) is 9.89 Å². The summed E-state index contributed by atoms with van der Waals surface area (Å²) in [6, 6.07) is 16.3. The number of hydrogen-bond donors (Lipinski definition) is 2. The van der Waals surface area contributed by atoms with Crippen molar-refractivity contribution in [2.24, 2.45) is 5.92 Å². The van der Waals surface area contributed by atoms with Crippen LogP contribution in [0.25, 0.3) is 22.5 Å². The molecular formula is C30H34N6O2. The van der Waals surface area contributed by atoms with Gasteiger partial charge in [0.05, 0.1) is 12.2 Å². The third kappa shape index (κ3) is 4.87. The number of carbonyl (C=O) groups excluding carboxylic acids is 1. The van der Waals surface area contributed by atoms with E-state index in [4.69, 9.17) is 0 Å². The molecule has 8 heteroatoms. The molecule has 2 aromatic carbocycles. The number of nitrogens with one attached hydrogen (secondary N) is 2. The van der Waals surface area contributed by atoms with Crippen molar-refractivity contribution in [3.8, 4) is 22.5 Å². The molecule has 0 radical (unpaired) electrons. The van der Waals surface area contributed by atoms with E-state index < -0.39 is 0 Å². The van der Waals surface area contributed by atoms with E-state index in [2.05, 4.69) is 49.9 Å². The van der Waals surface area contributed by atoms with E-state index in [1.807, 2.05) is 28.8 Å². The number of ketones is 1. The Morgan fingerprint density at radius 2 is 1.55 bits per heavy atom. The Hall–Kier alpha value is -3.81. The average molecular weight is 511 g/mol. The molecule has 2 N–H and O–H groups in total. The summed E-state index contributed by atoms with van der Waals surface area (Å²) in [5.74, 6) is 1.06. The molecule has 0 atom stereocenters. The second kappa shape index (κ2) is 10.9. The maximum absolute atomic E-state index is 13.6. The first kappa shape index (κ1) is 24.5. The van der Waals surface area contributed by atoms with E-state index in [0.29, 0.717) is 18.1 Å². The van der Waals surface area contributed by atoms with E-state index in [-0.39, 0.29) is 23.3 Å². The molecule has 8 nitrogen and oxygen atoms in total. The van der Waals surface area contributed by atoms with Crippen LogP contribution in [0.5, 0.6) is 0 Å². The highest BCUT2D eigenvalue weighted by atomic mass is 16.2. The summed E-state index contributed by atoms with van der Waals surface area (Å²) in [7, 11) is 0. The number of benzene rings is 2. The van der Waals surface area contributed by atoms with Crippen LogP contribution < -0.4 is 5.69 Å². The SMILES string of the molecule is O=C(c1[nH]c(=O)n(Cc2ccc(-c3ccccc3-c3nnn[nH]3)cc2)c1C1CCCCC1)C1CCCCC1. The van der Waals surface area contributed by atoms with Crippen molar-refractivity contribution in [2.45, 2.75) is 76.7 Å². The standard InChI is InChI=1S/C30H34N6O2/c37-28(23-11-5-2-6-12-23)26-27(22-9-3-1-4-10-22)36(30(38)31-26)19-20-15-17-21(18-16-20)24-13-7-8-14-25(24)29-32-34-35-33-29/h7-8,13-18,22-23H,1-6,9-12,19H2,(H,31,38)(H,32,33,34,35). The molecule has 6 rings (SSSR count). The minimum absolute atomic E-state index is 0.0384. The lowest BCUT2D eigenvalue weighted by Gasteiger charge is -2.25. The number of Topliss-reactive ketones (excluding diaryl/α,β-unsaturated/α-hetero) is 1. The first-order valence-electron chi connectivity index (χ1n) is 14.0. The number of carbonyl (C=O) groups is 1. The van der Waals surface area contributed by atoms with E-state index >= 15 is 0 Å². The molecule has 0 bridgehead atoms. The highest BCUT2D eigenvalue weighted by Gasteiger charge is 2.31. The molecule has 0 amide bonds. The maximum atomic E-state index is 13.6. The number of imidazole rings is 1. The monoisotopic (exact) mass is 510 g/mol. The van der Waals surface area contributed by atoms with E-state index in [9.17, 15) is 9.59 Å². The van der Waals surface area contributed by atoms with Gasteiger partial charge in [0.1, 0.15) is 5.69 Å². The van der Waals surface area contributed by atoms with Crippen LogP contribution in [0.2, 0.25) is 0 Å². The van der Waals surface area contributed by atoms with Gasteiger partial charge in [-0.05, 0) is 52.8 Å². The Labute approximate surface area is 221 Å². The van der Waals surface area contributed by atoms with Gasteiger partial charge >= 0.3 is 5.69 Å². The third-order valence-electron chi connectivity index (χ3n) is 8.37. The summed E-state index contributed by atoms with van der Waals surface area (Å²) >= 11 is 0. The summed E-state index contributed by atoms with van der Waals surface area (Å²) in [5.41, 5.74) is 5.39. The summed E-state index contributed by atoms with van der Waals surface area (Å²) in [5, 5.41) is 14.3. The molecule has 0 saturated heterocycles. The number of tetrazole rings is 1. The zero-order chi connectivity index (χ0) is 25.9. The van der Waals surface area contributed by atoms with Crippen LogP contribution in [0.4, 0.5) is 0 Å². The Bertz CT molecular complexity index is 1440. The molecule has 2 aliphatic carbocycles. The van der Waals surface area contributed by atoms with Gasteiger partial charge in [-0.1, -0.05) is 87.1 Å². The number of aromatic nitrogens is 6. The average Bonchev–Trinajstić information content (AvgIpc) is 3.63. The lowest BCUT2D eigenvalue weighted by atomic mass is 9.81. The second-order valence-electron chi connectivity index (χ2n) is 10.8. The summed E-state index contributed by atoms with van der Waals surface area (Å²) in [6.45, 7) is 0.451. The van der Waals surface area contributed by atoms with Gasteiger partial charge in [0.25, 0.3) is 0 Å². The molecule has 2 saturated carbocycles. The van der Waals surface area contributed by atoms with Gasteiger partial charge in [0.15, 0.2) is 11.6 Å². The zero-order valence-corrected chi connectivity index (χ0v) is 21.7. The largest absolute Gasteiger partial charge is 0.326 e. The molecule has 2 aromatic heterocycles. The zero-order valence-electron chi connectivity index (χ0n) is 21.7. The van der Waals surface area contributed by atoms with Crippen molar-refractivity contribution in [3.63, 3.8) is 0 Å². The molecule has 0 unspecified atom stereocenters. The summed E-state index contributed by atoms with van der Waals surface area (Å²) in [6.07, 6.45) is 10.9. The van der Waals surface area contributed by atoms with Crippen molar-refractivity contribution in [2.75, 3.05) is 0 Å². The van der Waals surface area contributed by atoms with Gasteiger partial charge in [-0.15, -0.1) is 5.10 Å². The molecule has 0 spiro atoms. The highest BCUT2D eigenvalue weighted by molar-refractivity contribution is 5.97. The normalized spacial score (nSPS) is 17.1. The quantitative estimate of drug-likeness (QED) is 0.302. The molecule has 2 aliphatic rings. The van der Waals surface area contributed by atoms with Gasteiger partial charge in [-0.2, -0.15) is 0 Å². The topological polar surface area (TPSA) is 109 Å². The van der Waals surface area contributed by atoms with Crippen LogP contribution in [-0.2, 0) is 6.54 Å². The van der Waals surface area contributed by atoms with Crippen molar-refractivity contribution < 1.29 is 4.79 Å². The smallest absolute Gasteiger partial charge is 0.303 e. The molecule has 38 heavy (non-hydrogen) atoms. The maximum Gasteiger partial charge on any atom is 0.326 e. The molecule has 2 fully saturated rings. The first-order chi connectivity index (χ1) is 18.7. The van der Waals surface area contributed by atoms with E-state index in [1.54, 1.807) is 0 Å². The minimum atomic E-state index is -0.169. The van der Waals surface area contributed by atoms with Crippen molar-refractivity contribution in [3.05, 3.63) is 76.0 Å². The van der Waals surface area contributed by atoms with Gasteiger partial charge < -0.3 is 4.98 Å². The van der Waals surface area contributed by atoms with Crippen LogP contribution in [-0.4, -0.2) is 36.0 Å². The summed E-state index contributed by atoms with van der Waals surface area (Å²) in [4.78, 5) is 29.9. The first-order valence-corrected chi connectivity index (χ1v) is 14.0. The van der Waals surface area contributed by atoms with Crippen LogP contribution >= 0.6 is 0 Å².